The average molecular weight is 228 g/mol. The summed E-state index contributed by atoms with van der Waals surface area (Å²) < 4.78 is 1.72. The zero-order chi connectivity index (χ0) is 11.9. The highest BCUT2D eigenvalue weighted by atomic mass is 15.4. The van der Waals surface area contributed by atoms with E-state index in [0.717, 1.165) is 25.0 Å². The van der Waals surface area contributed by atoms with Crippen LogP contribution in [0.25, 0.3) is 0 Å². The molecule has 0 bridgehead atoms. The van der Waals surface area contributed by atoms with Crippen LogP contribution in [0.5, 0.6) is 0 Å². The first-order valence-corrected chi connectivity index (χ1v) is 5.86. The summed E-state index contributed by atoms with van der Waals surface area (Å²) in [5, 5.41) is 8.07. The second kappa shape index (κ2) is 3.67. The van der Waals surface area contributed by atoms with Crippen LogP contribution in [0.1, 0.15) is 16.8 Å². The molecule has 1 aromatic carbocycles. The molecule has 0 unspecified atom stereocenters. The number of hydrogen-bond acceptors (Lipinski definition) is 3. The fourth-order valence-electron chi connectivity index (χ4n) is 2.69. The summed E-state index contributed by atoms with van der Waals surface area (Å²) in [5.41, 5.74) is 10.0. The highest BCUT2D eigenvalue weighted by Gasteiger charge is 2.34. The van der Waals surface area contributed by atoms with Crippen molar-refractivity contribution in [2.24, 2.45) is 12.8 Å². The van der Waals surface area contributed by atoms with Crippen LogP contribution < -0.4 is 5.73 Å². The van der Waals surface area contributed by atoms with Crippen molar-refractivity contribution in [2.45, 2.75) is 24.8 Å². The molecule has 0 saturated heterocycles. The van der Waals surface area contributed by atoms with Gasteiger partial charge in [-0.2, -0.15) is 0 Å². The zero-order valence-corrected chi connectivity index (χ0v) is 9.93. The monoisotopic (exact) mass is 228 g/mol. The van der Waals surface area contributed by atoms with Crippen molar-refractivity contribution in [3.63, 3.8) is 0 Å². The molecule has 2 N–H and O–H groups in total. The van der Waals surface area contributed by atoms with Crippen molar-refractivity contribution in [1.82, 2.24) is 15.0 Å². The summed E-state index contributed by atoms with van der Waals surface area (Å²) in [5.74, 6) is 0. The Morgan fingerprint density at radius 2 is 1.94 bits per heavy atom. The second-order valence-electron chi connectivity index (χ2n) is 5.04. The van der Waals surface area contributed by atoms with Gasteiger partial charge in [0.05, 0.1) is 5.69 Å². The molecule has 1 aliphatic carbocycles. The van der Waals surface area contributed by atoms with E-state index >= 15 is 0 Å². The molecule has 0 fully saturated rings. The Balaban J connectivity index is 1.82. The van der Waals surface area contributed by atoms with Crippen molar-refractivity contribution in [3.05, 3.63) is 47.3 Å². The quantitative estimate of drug-likeness (QED) is 0.829. The fraction of sp³-hybridized carbons (Fsp3) is 0.385. The van der Waals surface area contributed by atoms with Crippen LogP contribution in [-0.2, 0) is 26.3 Å². The number of benzene rings is 1. The third-order valence-corrected chi connectivity index (χ3v) is 3.39. The summed E-state index contributed by atoms with van der Waals surface area (Å²) in [7, 11) is 1.88. The van der Waals surface area contributed by atoms with E-state index in [0.29, 0.717) is 0 Å². The number of fused-ring (bicyclic) bond motifs is 1. The maximum absolute atomic E-state index is 6.47. The molecule has 4 nitrogen and oxygen atoms in total. The molecule has 17 heavy (non-hydrogen) atoms. The zero-order valence-electron chi connectivity index (χ0n) is 9.93. The lowest BCUT2D eigenvalue weighted by Gasteiger charge is -2.21. The first-order chi connectivity index (χ1) is 8.15. The van der Waals surface area contributed by atoms with Gasteiger partial charge in [0.1, 0.15) is 0 Å². The van der Waals surface area contributed by atoms with E-state index in [1.807, 2.05) is 13.2 Å². The summed E-state index contributed by atoms with van der Waals surface area (Å²) in [4.78, 5) is 0. The Bertz CT molecular complexity index is 519. The molecule has 88 valence electrons. The Kier molecular flexibility index (Phi) is 2.26. The van der Waals surface area contributed by atoms with Gasteiger partial charge in [-0.15, -0.1) is 5.10 Å². The van der Waals surface area contributed by atoms with Crippen molar-refractivity contribution in [3.8, 4) is 0 Å². The van der Waals surface area contributed by atoms with E-state index in [-0.39, 0.29) is 5.54 Å². The van der Waals surface area contributed by atoms with Gasteiger partial charge in [-0.05, 0) is 24.0 Å². The Morgan fingerprint density at radius 3 is 2.47 bits per heavy atom. The molecule has 0 spiro atoms. The van der Waals surface area contributed by atoms with E-state index in [1.165, 1.54) is 11.1 Å². The van der Waals surface area contributed by atoms with Crippen molar-refractivity contribution in [2.75, 3.05) is 0 Å². The summed E-state index contributed by atoms with van der Waals surface area (Å²) >= 11 is 0. The van der Waals surface area contributed by atoms with Gasteiger partial charge in [-0.3, -0.25) is 4.68 Å². The lowest BCUT2D eigenvalue weighted by atomic mass is 9.91. The second-order valence-corrected chi connectivity index (χ2v) is 5.04. The Labute approximate surface area is 100 Å². The number of nitrogens with zero attached hydrogens (tertiary/aromatic N) is 3. The fourth-order valence-corrected chi connectivity index (χ4v) is 2.69. The van der Waals surface area contributed by atoms with Crippen LogP contribution >= 0.6 is 0 Å². The third-order valence-electron chi connectivity index (χ3n) is 3.39. The first-order valence-electron chi connectivity index (χ1n) is 5.86. The van der Waals surface area contributed by atoms with Gasteiger partial charge < -0.3 is 5.73 Å². The largest absolute Gasteiger partial charge is 0.324 e. The van der Waals surface area contributed by atoms with Crippen molar-refractivity contribution >= 4 is 0 Å². The molecule has 0 aliphatic heterocycles. The molecule has 0 atom stereocenters. The van der Waals surface area contributed by atoms with Crippen LogP contribution in [0, 0.1) is 0 Å². The number of aryl methyl sites for hydroxylation is 1. The van der Waals surface area contributed by atoms with Gasteiger partial charge in [0, 0.05) is 25.2 Å². The van der Waals surface area contributed by atoms with E-state index in [1.54, 1.807) is 4.68 Å². The summed E-state index contributed by atoms with van der Waals surface area (Å²) in [6.45, 7) is 0. The number of rotatable bonds is 2. The lowest BCUT2D eigenvalue weighted by Crippen LogP contribution is -2.43. The lowest BCUT2D eigenvalue weighted by molar-refractivity contribution is 0.441. The standard InChI is InChI=1S/C13H16N4/c1-17-9-12(15-16-17)8-13(14)6-10-4-2-3-5-11(10)7-13/h2-5,9H,6-8,14H2,1H3. The van der Waals surface area contributed by atoms with E-state index in [2.05, 4.69) is 34.6 Å². The van der Waals surface area contributed by atoms with Crippen LogP contribution in [0.2, 0.25) is 0 Å². The molecule has 0 radical (unpaired) electrons. The minimum absolute atomic E-state index is 0.195. The molecule has 0 saturated carbocycles. The van der Waals surface area contributed by atoms with Crippen LogP contribution in [0.15, 0.2) is 30.5 Å². The molecule has 2 aromatic rings. The SMILES string of the molecule is Cn1cc(CC2(N)Cc3ccccc3C2)nn1. The molecule has 3 rings (SSSR count). The minimum Gasteiger partial charge on any atom is -0.324 e. The molecular weight excluding hydrogens is 212 g/mol. The number of aromatic nitrogens is 3. The minimum atomic E-state index is -0.195. The van der Waals surface area contributed by atoms with Crippen LogP contribution in [0.4, 0.5) is 0 Å². The van der Waals surface area contributed by atoms with Gasteiger partial charge in [-0.25, -0.2) is 0 Å². The van der Waals surface area contributed by atoms with Gasteiger partial charge in [0.15, 0.2) is 0 Å². The number of hydrogen-bond donors (Lipinski definition) is 1. The van der Waals surface area contributed by atoms with E-state index in [4.69, 9.17) is 5.73 Å². The highest BCUT2D eigenvalue weighted by Crippen LogP contribution is 2.30. The smallest absolute Gasteiger partial charge is 0.0845 e. The van der Waals surface area contributed by atoms with E-state index in [9.17, 15) is 0 Å². The molecular formula is C13H16N4. The van der Waals surface area contributed by atoms with Crippen LogP contribution in [0.3, 0.4) is 0 Å². The predicted octanol–water partition coefficient (Wildman–Crippen LogP) is 0.854. The molecule has 1 heterocycles. The first kappa shape index (κ1) is 10.5. The Hall–Kier alpha value is -1.68. The molecule has 1 aromatic heterocycles. The topological polar surface area (TPSA) is 56.7 Å². The van der Waals surface area contributed by atoms with Gasteiger partial charge >= 0.3 is 0 Å². The third kappa shape index (κ3) is 1.96. The van der Waals surface area contributed by atoms with Gasteiger partial charge in [-0.1, -0.05) is 29.5 Å². The predicted molar refractivity (Wildman–Crippen MR) is 65.5 cm³/mol. The van der Waals surface area contributed by atoms with Crippen molar-refractivity contribution < 1.29 is 0 Å². The van der Waals surface area contributed by atoms with Crippen molar-refractivity contribution in [1.29, 1.82) is 0 Å². The van der Waals surface area contributed by atoms with E-state index < -0.39 is 0 Å². The summed E-state index contributed by atoms with van der Waals surface area (Å²) in [6.07, 6.45) is 4.59. The van der Waals surface area contributed by atoms with Crippen LogP contribution in [-0.4, -0.2) is 20.5 Å². The maximum Gasteiger partial charge on any atom is 0.0845 e. The van der Waals surface area contributed by atoms with Gasteiger partial charge in [0.25, 0.3) is 0 Å². The summed E-state index contributed by atoms with van der Waals surface area (Å²) in [6, 6.07) is 8.49. The Morgan fingerprint density at radius 1 is 1.29 bits per heavy atom. The molecule has 1 aliphatic rings. The average Bonchev–Trinajstić information content (AvgIpc) is 2.81. The molecule has 0 amide bonds. The number of nitrogens with two attached hydrogens (primary N) is 1. The highest BCUT2D eigenvalue weighted by molar-refractivity contribution is 5.36. The normalized spacial score (nSPS) is 17.1. The van der Waals surface area contributed by atoms with Gasteiger partial charge in [0.2, 0.25) is 0 Å². The maximum atomic E-state index is 6.47. The molecule has 4 heteroatoms.